The van der Waals surface area contributed by atoms with Crippen molar-refractivity contribution in [1.82, 2.24) is 9.88 Å². The number of amides is 4. The number of urea groups is 1. The van der Waals surface area contributed by atoms with Gasteiger partial charge in [-0.15, -0.1) is 0 Å². The van der Waals surface area contributed by atoms with E-state index in [2.05, 4.69) is 25.8 Å². The van der Waals surface area contributed by atoms with Gasteiger partial charge in [-0.1, -0.05) is 34.8 Å². The van der Waals surface area contributed by atoms with E-state index in [1.54, 1.807) is 30.3 Å². The fraction of sp³-hybridized carbons (Fsp3) is 0.250. The summed E-state index contributed by atoms with van der Waals surface area (Å²) in [6, 6.07) is 8.43. The molecule has 0 bridgehead atoms. The average molecular weight is 428 g/mol. The van der Waals surface area contributed by atoms with Crippen molar-refractivity contribution in [3.05, 3.63) is 58.3 Å². The van der Waals surface area contributed by atoms with Gasteiger partial charge in [0, 0.05) is 22.9 Å². The van der Waals surface area contributed by atoms with Gasteiger partial charge in [-0.2, -0.15) is 0 Å². The Morgan fingerprint density at radius 2 is 1.89 bits per heavy atom. The van der Waals surface area contributed by atoms with E-state index in [0.717, 1.165) is 27.8 Å². The van der Waals surface area contributed by atoms with Gasteiger partial charge in [0.05, 0.1) is 5.69 Å². The Balaban J connectivity index is 1.65. The van der Waals surface area contributed by atoms with E-state index in [0.29, 0.717) is 11.7 Å². The lowest BCUT2D eigenvalue weighted by molar-refractivity contribution is -0.122. The molecule has 27 heavy (non-hydrogen) atoms. The molecule has 1 aliphatic carbocycles. The summed E-state index contributed by atoms with van der Waals surface area (Å²) in [7, 11) is 0. The van der Waals surface area contributed by atoms with Crippen LogP contribution < -0.4 is 10.2 Å². The van der Waals surface area contributed by atoms with Gasteiger partial charge in [-0.25, -0.2) is 9.69 Å². The van der Waals surface area contributed by atoms with E-state index >= 15 is 0 Å². The number of aromatic nitrogens is 1. The number of imide groups is 2. The largest absolute Gasteiger partial charge is 0.351 e. The summed E-state index contributed by atoms with van der Waals surface area (Å²) in [5, 5.41) is 2.25. The molecule has 1 N–H and O–H groups in total. The van der Waals surface area contributed by atoms with E-state index in [1.165, 1.54) is 12.8 Å². The van der Waals surface area contributed by atoms with Crippen molar-refractivity contribution in [2.45, 2.75) is 31.7 Å². The second kappa shape index (κ2) is 7.15. The third kappa shape index (κ3) is 3.47. The number of nitrogens with zero attached hydrogens (tertiary/aromatic N) is 2. The first-order valence-electron chi connectivity index (χ1n) is 8.87. The minimum absolute atomic E-state index is 0.0567. The van der Waals surface area contributed by atoms with E-state index in [9.17, 15) is 14.4 Å². The SMILES string of the molecule is O=C1NC(=O)N(c2cccc(Br)c2)C(=O)/C1=C\c1ccn(C2CCCC2)c1. The number of barbiturate groups is 1. The van der Waals surface area contributed by atoms with E-state index in [4.69, 9.17) is 0 Å². The highest BCUT2D eigenvalue weighted by molar-refractivity contribution is 9.10. The molecule has 7 heteroatoms. The third-order valence-corrected chi connectivity index (χ3v) is 5.46. The van der Waals surface area contributed by atoms with Crippen LogP contribution in [0, 0.1) is 0 Å². The molecule has 1 aliphatic heterocycles. The fourth-order valence-electron chi connectivity index (χ4n) is 3.62. The summed E-state index contributed by atoms with van der Waals surface area (Å²) in [5.41, 5.74) is 1.11. The zero-order chi connectivity index (χ0) is 19.0. The number of carbonyl (C=O) groups is 3. The van der Waals surface area contributed by atoms with E-state index in [1.807, 2.05) is 18.5 Å². The van der Waals surface area contributed by atoms with Gasteiger partial charge in [0.2, 0.25) is 0 Å². The van der Waals surface area contributed by atoms with Crippen LogP contribution in [0.5, 0.6) is 0 Å². The van der Waals surface area contributed by atoms with Crippen molar-refractivity contribution in [3.63, 3.8) is 0 Å². The molecule has 1 aromatic carbocycles. The normalized spacial score (nSPS) is 19.8. The van der Waals surface area contributed by atoms with Crippen molar-refractivity contribution < 1.29 is 14.4 Å². The average Bonchev–Trinajstić information content (AvgIpc) is 3.30. The summed E-state index contributed by atoms with van der Waals surface area (Å²) in [5.74, 6) is -1.31. The number of rotatable bonds is 3. The quantitative estimate of drug-likeness (QED) is 0.593. The lowest BCUT2D eigenvalue weighted by Crippen LogP contribution is -2.54. The Morgan fingerprint density at radius 1 is 1.11 bits per heavy atom. The van der Waals surface area contributed by atoms with Gasteiger partial charge in [-0.3, -0.25) is 14.9 Å². The highest BCUT2D eigenvalue weighted by atomic mass is 79.9. The standard InChI is InChI=1S/C20H18BrN3O3/c21-14-4-3-7-16(11-14)24-19(26)17(18(25)22-20(24)27)10-13-8-9-23(12-13)15-5-1-2-6-15/h3-4,7-12,15H,1-2,5-6H2,(H,22,25,27)/b17-10-. The molecule has 138 valence electrons. The van der Waals surface area contributed by atoms with Crippen LogP contribution in [0.15, 0.2) is 52.8 Å². The Kier molecular flexibility index (Phi) is 4.70. The summed E-state index contributed by atoms with van der Waals surface area (Å²) in [6.45, 7) is 0. The molecule has 4 amide bonds. The molecule has 4 rings (SSSR count). The molecule has 2 aliphatic rings. The molecule has 1 saturated heterocycles. The highest BCUT2D eigenvalue weighted by Crippen LogP contribution is 2.30. The molecule has 2 fully saturated rings. The number of anilines is 1. The van der Waals surface area contributed by atoms with Gasteiger partial charge in [-0.05, 0) is 48.7 Å². The van der Waals surface area contributed by atoms with Gasteiger partial charge >= 0.3 is 6.03 Å². The maximum Gasteiger partial charge on any atom is 0.335 e. The van der Waals surface area contributed by atoms with Gasteiger partial charge in [0.1, 0.15) is 5.57 Å². The number of halogens is 1. The van der Waals surface area contributed by atoms with Crippen LogP contribution >= 0.6 is 15.9 Å². The van der Waals surface area contributed by atoms with Gasteiger partial charge < -0.3 is 4.57 Å². The molecule has 0 spiro atoms. The molecule has 1 aromatic heterocycles. The first kappa shape index (κ1) is 17.7. The van der Waals surface area contributed by atoms with E-state index in [-0.39, 0.29) is 5.57 Å². The monoisotopic (exact) mass is 427 g/mol. The predicted molar refractivity (Wildman–Crippen MR) is 105 cm³/mol. The minimum atomic E-state index is -0.747. The van der Waals surface area contributed by atoms with Crippen LogP contribution in [-0.4, -0.2) is 22.4 Å². The number of nitrogens with one attached hydrogen (secondary N) is 1. The van der Waals surface area contributed by atoms with E-state index < -0.39 is 17.8 Å². The van der Waals surface area contributed by atoms with Crippen LogP contribution in [0.4, 0.5) is 10.5 Å². The molecule has 1 saturated carbocycles. The second-order valence-corrected chi connectivity index (χ2v) is 7.68. The summed E-state index contributed by atoms with van der Waals surface area (Å²) < 4.78 is 2.87. The number of hydrogen-bond acceptors (Lipinski definition) is 3. The molecule has 2 aromatic rings. The van der Waals surface area contributed by atoms with Crippen molar-refractivity contribution in [3.8, 4) is 0 Å². The highest BCUT2D eigenvalue weighted by Gasteiger charge is 2.36. The molecular weight excluding hydrogens is 410 g/mol. The number of benzene rings is 1. The second-order valence-electron chi connectivity index (χ2n) is 6.77. The van der Waals surface area contributed by atoms with Crippen LogP contribution in [0.3, 0.4) is 0 Å². The summed E-state index contributed by atoms with van der Waals surface area (Å²) >= 11 is 3.33. The van der Waals surface area contributed by atoms with Crippen molar-refractivity contribution in [2.75, 3.05) is 4.90 Å². The minimum Gasteiger partial charge on any atom is -0.351 e. The maximum absolute atomic E-state index is 12.9. The molecule has 6 nitrogen and oxygen atoms in total. The molecule has 0 radical (unpaired) electrons. The Morgan fingerprint density at radius 3 is 2.63 bits per heavy atom. The predicted octanol–water partition coefficient (Wildman–Crippen LogP) is 4.03. The fourth-order valence-corrected chi connectivity index (χ4v) is 4.01. The van der Waals surface area contributed by atoms with Crippen LogP contribution in [0.1, 0.15) is 37.3 Å². The van der Waals surface area contributed by atoms with Crippen LogP contribution in [0.25, 0.3) is 6.08 Å². The van der Waals surface area contributed by atoms with Crippen molar-refractivity contribution in [2.24, 2.45) is 0 Å². The lowest BCUT2D eigenvalue weighted by Gasteiger charge is -2.26. The summed E-state index contributed by atoms with van der Waals surface area (Å²) in [4.78, 5) is 38.3. The van der Waals surface area contributed by atoms with Crippen LogP contribution in [0.2, 0.25) is 0 Å². The number of carbonyl (C=O) groups excluding carboxylic acids is 3. The third-order valence-electron chi connectivity index (χ3n) is 4.96. The molecule has 2 heterocycles. The first-order valence-corrected chi connectivity index (χ1v) is 9.67. The maximum atomic E-state index is 12.9. The Bertz CT molecular complexity index is 957. The summed E-state index contributed by atoms with van der Waals surface area (Å²) in [6.07, 6.45) is 10.2. The zero-order valence-electron chi connectivity index (χ0n) is 14.5. The molecule has 0 atom stereocenters. The smallest absolute Gasteiger partial charge is 0.335 e. The topological polar surface area (TPSA) is 71.4 Å². The number of hydrogen-bond donors (Lipinski definition) is 1. The lowest BCUT2D eigenvalue weighted by atomic mass is 10.1. The van der Waals surface area contributed by atoms with Gasteiger partial charge in [0.15, 0.2) is 0 Å². The van der Waals surface area contributed by atoms with Gasteiger partial charge in [0.25, 0.3) is 11.8 Å². The Hall–Kier alpha value is -2.67. The van der Waals surface area contributed by atoms with Crippen molar-refractivity contribution >= 4 is 45.5 Å². The van der Waals surface area contributed by atoms with Crippen molar-refractivity contribution in [1.29, 1.82) is 0 Å². The molecule has 0 unspecified atom stereocenters. The zero-order valence-corrected chi connectivity index (χ0v) is 16.1. The first-order chi connectivity index (χ1) is 13.0. The molecular formula is C20H18BrN3O3. The van der Waals surface area contributed by atoms with Crippen LogP contribution in [-0.2, 0) is 9.59 Å². The Labute approximate surface area is 165 Å².